The quantitative estimate of drug-likeness (QED) is 0.466. The fourth-order valence-electron chi connectivity index (χ4n) is 0.250. The van der Waals surface area contributed by atoms with E-state index in [9.17, 15) is 0 Å². The Balaban J connectivity index is 0. The van der Waals surface area contributed by atoms with Crippen LogP contribution in [0.5, 0.6) is 0 Å². The Labute approximate surface area is 62.7 Å². The summed E-state index contributed by atoms with van der Waals surface area (Å²) in [6.45, 7) is 9.82. The van der Waals surface area contributed by atoms with Gasteiger partial charge in [0, 0.05) is 0 Å². The van der Waals surface area contributed by atoms with E-state index in [1.54, 1.807) is 0 Å². The summed E-state index contributed by atoms with van der Waals surface area (Å²) in [5.41, 5.74) is 0. The molecule has 0 spiro atoms. The third kappa shape index (κ3) is 9.55. The van der Waals surface area contributed by atoms with Crippen LogP contribution in [0, 0.1) is 0 Å². The van der Waals surface area contributed by atoms with Crippen molar-refractivity contribution < 1.29 is 21.5 Å². The first kappa shape index (κ1) is 11.1. The van der Waals surface area contributed by atoms with Crippen molar-refractivity contribution in [2.75, 3.05) is 0 Å². The zero-order chi connectivity index (χ0) is 5.91. The van der Waals surface area contributed by atoms with Gasteiger partial charge in [-0.25, -0.2) is 0 Å². The van der Waals surface area contributed by atoms with Crippen LogP contribution in [-0.4, -0.2) is 8.32 Å². The van der Waals surface area contributed by atoms with E-state index in [0.717, 1.165) is 0 Å². The van der Waals surface area contributed by atoms with Gasteiger partial charge in [0.05, 0.1) is 6.26 Å². The van der Waals surface area contributed by atoms with Crippen LogP contribution in [0.3, 0.4) is 0 Å². The molecule has 0 aromatic rings. The minimum Gasteiger partial charge on any atom is -0.550 e. The molecule has 0 atom stereocenters. The maximum absolute atomic E-state index is 5.13. The first-order chi connectivity index (χ1) is 3.06. The average Bonchev–Trinajstić information content (AvgIpc) is 1.30. The molecule has 0 aliphatic carbocycles. The van der Waals surface area contributed by atoms with Gasteiger partial charge in [0.25, 0.3) is 0 Å². The van der Waals surface area contributed by atoms with Crippen molar-refractivity contribution in [2.24, 2.45) is 0 Å². The molecule has 0 heterocycles. The van der Waals surface area contributed by atoms with Gasteiger partial charge in [0.15, 0.2) is 0 Å². The van der Waals surface area contributed by atoms with Gasteiger partial charge in [0.1, 0.15) is 0 Å². The third-order valence-electron chi connectivity index (χ3n) is 0.437. The molecule has 0 N–H and O–H groups in total. The number of hydrogen-bond acceptors (Lipinski definition) is 1. The molecule has 1 nitrogen and oxygen atoms in total. The Morgan fingerprint density at radius 3 is 1.75 bits per heavy atom. The summed E-state index contributed by atoms with van der Waals surface area (Å²) >= 11 is 0. The van der Waals surface area contributed by atoms with Crippen molar-refractivity contribution in [3.8, 4) is 0 Å². The zero-order valence-electron chi connectivity index (χ0n) is 5.49. The molecule has 52 valence electrons. The molecule has 0 fully saturated rings. The van der Waals surface area contributed by atoms with Crippen molar-refractivity contribution in [3.05, 3.63) is 12.8 Å². The summed E-state index contributed by atoms with van der Waals surface area (Å²) in [5, 5.41) is 0. The Bertz CT molecular complexity index is 67.3. The average molecular weight is 180 g/mol. The maximum atomic E-state index is 5.13. The third-order valence-corrected chi connectivity index (χ3v) is 1.31. The van der Waals surface area contributed by atoms with Crippen LogP contribution in [-0.2, 0) is 21.5 Å². The van der Waals surface area contributed by atoms with Crippen molar-refractivity contribution in [1.82, 2.24) is 0 Å². The van der Waals surface area contributed by atoms with E-state index in [2.05, 4.69) is 26.2 Å². The van der Waals surface area contributed by atoms with Gasteiger partial charge in [-0.2, -0.15) is 0 Å². The first-order valence-electron chi connectivity index (χ1n) is 2.35. The van der Waals surface area contributed by atoms with Crippen LogP contribution in [0.1, 0.15) is 0 Å². The molecule has 0 unspecified atom stereocenters. The fourth-order valence-corrected chi connectivity index (χ4v) is 0.750. The monoisotopic (exact) mass is 179 g/mol. The van der Waals surface area contributed by atoms with Crippen LogP contribution < -0.4 is 0 Å². The van der Waals surface area contributed by atoms with E-state index in [4.69, 9.17) is 4.43 Å². The van der Waals surface area contributed by atoms with Gasteiger partial charge < -0.3 is 4.43 Å². The molecule has 0 aromatic heterocycles. The molecule has 0 saturated heterocycles. The Morgan fingerprint density at radius 2 is 1.75 bits per heavy atom. The van der Waals surface area contributed by atoms with Gasteiger partial charge in [-0.3, -0.25) is 0 Å². The Hall–Kier alpha value is 0.276. The zero-order valence-corrected chi connectivity index (χ0v) is 7.44. The topological polar surface area (TPSA) is 9.23 Å². The van der Waals surface area contributed by atoms with E-state index >= 15 is 0 Å². The molecule has 0 aliphatic heterocycles. The minimum absolute atomic E-state index is 0. The fraction of sp³-hybridized carbons (Fsp3) is 0.600. The van der Waals surface area contributed by atoms with Crippen molar-refractivity contribution in [2.45, 2.75) is 19.6 Å². The van der Waals surface area contributed by atoms with Gasteiger partial charge in [0.2, 0.25) is 8.32 Å². The smallest absolute Gasteiger partial charge is 0.550 e. The summed E-state index contributed by atoms with van der Waals surface area (Å²) < 4.78 is 5.13. The van der Waals surface area contributed by atoms with Gasteiger partial charge in [-0.1, -0.05) is 6.58 Å². The van der Waals surface area contributed by atoms with Gasteiger partial charge in [-0.05, 0) is 19.6 Å². The van der Waals surface area contributed by atoms with Crippen LogP contribution in [0.25, 0.3) is 0 Å². The molecule has 0 saturated carbocycles. The van der Waals surface area contributed by atoms with E-state index in [1.807, 2.05) is 0 Å². The summed E-state index contributed by atoms with van der Waals surface area (Å²) in [5.74, 6) is 0. The molecular weight excluding hydrogens is 168 g/mol. The standard InChI is InChI=1S/C5H12OSi.Cu/c1-5-6-7(2,3)4;/h5H,1H2,2-4H3;/q;+1. The number of rotatable bonds is 2. The van der Waals surface area contributed by atoms with Crippen LogP contribution in [0.2, 0.25) is 19.6 Å². The molecule has 0 radical (unpaired) electrons. The van der Waals surface area contributed by atoms with E-state index in [-0.39, 0.29) is 17.1 Å². The van der Waals surface area contributed by atoms with Crippen molar-refractivity contribution >= 4 is 8.32 Å². The maximum Gasteiger partial charge on any atom is 1.00 e. The molecule has 0 aliphatic rings. The summed E-state index contributed by atoms with van der Waals surface area (Å²) in [6.07, 6.45) is 1.52. The Morgan fingerprint density at radius 1 is 1.38 bits per heavy atom. The minimum atomic E-state index is -1.28. The molecule has 0 rings (SSSR count). The van der Waals surface area contributed by atoms with Crippen LogP contribution >= 0.6 is 0 Å². The molecule has 0 aromatic carbocycles. The largest absolute Gasteiger partial charge is 1.00 e. The normalized spacial score (nSPS) is 9.38. The summed E-state index contributed by atoms with van der Waals surface area (Å²) in [6, 6.07) is 0. The summed E-state index contributed by atoms with van der Waals surface area (Å²) in [4.78, 5) is 0. The molecule has 0 amide bonds. The molecule has 0 bridgehead atoms. The first-order valence-corrected chi connectivity index (χ1v) is 5.76. The van der Waals surface area contributed by atoms with Crippen molar-refractivity contribution in [1.29, 1.82) is 0 Å². The molecule has 3 heteroatoms. The Kier molecular flexibility index (Phi) is 5.82. The number of hydrogen-bond donors (Lipinski definition) is 0. The van der Waals surface area contributed by atoms with E-state index in [0.29, 0.717) is 0 Å². The second-order valence-corrected chi connectivity index (χ2v) is 6.86. The van der Waals surface area contributed by atoms with E-state index < -0.39 is 8.32 Å². The van der Waals surface area contributed by atoms with Crippen molar-refractivity contribution in [3.63, 3.8) is 0 Å². The van der Waals surface area contributed by atoms with E-state index in [1.165, 1.54) is 6.26 Å². The summed E-state index contributed by atoms with van der Waals surface area (Å²) in [7, 11) is -1.28. The molecule has 8 heavy (non-hydrogen) atoms. The SMILES string of the molecule is C=CO[Si](C)(C)C.[Cu+]. The second kappa shape index (κ2) is 4.18. The van der Waals surface area contributed by atoms with Gasteiger partial charge in [-0.15, -0.1) is 0 Å². The second-order valence-electron chi connectivity index (χ2n) is 2.40. The predicted octanol–water partition coefficient (Wildman–Crippen LogP) is 1.98. The predicted molar refractivity (Wildman–Crippen MR) is 34.6 cm³/mol. The van der Waals surface area contributed by atoms with Gasteiger partial charge >= 0.3 is 17.1 Å². The van der Waals surface area contributed by atoms with Crippen LogP contribution in [0.15, 0.2) is 12.8 Å². The molecular formula is C5H12CuOSi+. The van der Waals surface area contributed by atoms with Crippen LogP contribution in [0.4, 0.5) is 0 Å².